The normalized spacial score (nSPS) is 12.2. The number of ether oxygens (including phenoxy) is 1. The van der Waals surface area contributed by atoms with E-state index in [-0.39, 0.29) is 22.9 Å². The molecule has 0 saturated heterocycles. The molecule has 1 atom stereocenters. The van der Waals surface area contributed by atoms with Crippen molar-refractivity contribution in [3.63, 3.8) is 0 Å². The molecule has 3 nitrogen and oxygen atoms in total. The zero-order chi connectivity index (χ0) is 11.4. The Hall–Kier alpha value is -1.29. The number of alkyl halides is 1. The highest BCUT2D eigenvalue weighted by atomic mass is 35.5. The van der Waals surface area contributed by atoms with Crippen molar-refractivity contribution >= 4 is 17.6 Å². The highest BCUT2D eigenvalue weighted by Gasteiger charge is 2.21. The summed E-state index contributed by atoms with van der Waals surface area (Å²) in [5.74, 6) is -1.12. The molecule has 0 aromatic heterocycles. The first kappa shape index (κ1) is 11.8. The zero-order valence-electron chi connectivity index (χ0n) is 8.04. The average molecular weight is 233 g/mol. The van der Waals surface area contributed by atoms with Crippen LogP contribution in [0.25, 0.3) is 0 Å². The summed E-state index contributed by atoms with van der Waals surface area (Å²) in [6.07, 6.45) is -1.87. The van der Waals surface area contributed by atoms with Crippen LogP contribution < -0.4 is 0 Å². The van der Waals surface area contributed by atoms with Crippen LogP contribution in [0.1, 0.15) is 18.7 Å². The number of benzene rings is 1. The van der Waals surface area contributed by atoms with Crippen LogP contribution in [0.4, 0.5) is 4.39 Å². The van der Waals surface area contributed by atoms with Gasteiger partial charge in [-0.25, -0.2) is 9.18 Å². The third kappa shape index (κ3) is 2.83. The van der Waals surface area contributed by atoms with Crippen molar-refractivity contribution in [2.75, 3.05) is 6.61 Å². The molecule has 1 aromatic rings. The Balaban J connectivity index is 2.86. The topological polar surface area (TPSA) is 46.5 Å². The number of hydrogen-bond donors (Lipinski definition) is 1. The minimum absolute atomic E-state index is 0.000511. The van der Waals surface area contributed by atoms with Crippen LogP contribution in [0.3, 0.4) is 0 Å². The van der Waals surface area contributed by atoms with Crippen LogP contribution in [-0.4, -0.2) is 17.7 Å². The van der Waals surface area contributed by atoms with Gasteiger partial charge in [0.2, 0.25) is 6.17 Å². The summed E-state index contributed by atoms with van der Waals surface area (Å²) in [5, 5.41) is 9.10. The number of phenols is 1. The minimum atomic E-state index is -1.87. The molecule has 5 heteroatoms. The molecule has 0 heterocycles. The zero-order valence-corrected chi connectivity index (χ0v) is 8.79. The second-order valence-corrected chi connectivity index (χ2v) is 3.23. The van der Waals surface area contributed by atoms with Crippen LogP contribution >= 0.6 is 11.6 Å². The van der Waals surface area contributed by atoms with Crippen molar-refractivity contribution in [1.29, 1.82) is 0 Å². The highest BCUT2D eigenvalue weighted by Crippen LogP contribution is 2.28. The summed E-state index contributed by atoms with van der Waals surface area (Å²) >= 11 is 5.57. The summed E-state index contributed by atoms with van der Waals surface area (Å²) in [6.45, 7) is 1.71. The third-order valence-electron chi connectivity index (χ3n) is 1.76. The van der Waals surface area contributed by atoms with E-state index < -0.39 is 12.1 Å². The molecular formula is C10H10ClFO3. The molecule has 0 aliphatic rings. The lowest BCUT2D eigenvalue weighted by molar-refractivity contribution is -0.149. The summed E-state index contributed by atoms with van der Waals surface area (Å²) in [7, 11) is 0. The lowest BCUT2D eigenvalue weighted by atomic mass is 10.1. The molecule has 1 rings (SSSR count). The van der Waals surface area contributed by atoms with Gasteiger partial charge in [0, 0.05) is 0 Å². The molecule has 1 aromatic carbocycles. The minimum Gasteiger partial charge on any atom is -0.506 e. The molecule has 0 radical (unpaired) electrons. The van der Waals surface area contributed by atoms with Gasteiger partial charge in [-0.05, 0) is 24.6 Å². The fraction of sp³-hybridized carbons (Fsp3) is 0.300. The van der Waals surface area contributed by atoms with E-state index in [0.29, 0.717) is 0 Å². The van der Waals surface area contributed by atoms with E-state index in [1.807, 2.05) is 0 Å². The van der Waals surface area contributed by atoms with Crippen LogP contribution in [0.15, 0.2) is 18.2 Å². The van der Waals surface area contributed by atoms with Gasteiger partial charge in [0.1, 0.15) is 5.75 Å². The third-order valence-corrected chi connectivity index (χ3v) is 2.06. The first-order chi connectivity index (χ1) is 7.06. The first-order valence-electron chi connectivity index (χ1n) is 4.35. The van der Waals surface area contributed by atoms with E-state index in [9.17, 15) is 9.18 Å². The largest absolute Gasteiger partial charge is 0.506 e. The van der Waals surface area contributed by atoms with Gasteiger partial charge >= 0.3 is 5.97 Å². The number of carbonyl (C=O) groups is 1. The van der Waals surface area contributed by atoms with Gasteiger partial charge < -0.3 is 9.84 Å². The average Bonchev–Trinajstić information content (AvgIpc) is 2.21. The fourth-order valence-electron chi connectivity index (χ4n) is 1.03. The van der Waals surface area contributed by atoms with Gasteiger partial charge in [-0.2, -0.15) is 0 Å². The van der Waals surface area contributed by atoms with E-state index >= 15 is 0 Å². The van der Waals surface area contributed by atoms with Crippen LogP contribution in [0.2, 0.25) is 5.02 Å². The number of phenolic OH excluding ortho intramolecular Hbond substituents is 1. The molecule has 0 amide bonds. The Labute approximate surface area is 91.4 Å². The Morgan fingerprint density at radius 2 is 2.33 bits per heavy atom. The second kappa shape index (κ2) is 4.98. The molecule has 1 N–H and O–H groups in total. The molecule has 0 bridgehead atoms. The molecule has 1 unspecified atom stereocenters. The van der Waals surface area contributed by atoms with Gasteiger partial charge in [-0.3, -0.25) is 0 Å². The Morgan fingerprint density at radius 3 is 2.87 bits per heavy atom. The summed E-state index contributed by atoms with van der Waals surface area (Å²) < 4.78 is 17.9. The predicted molar refractivity (Wildman–Crippen MR) is 53.6 cm³/mol. The Morgan fingerprint density at radius 1 is 1.67 bits per heavy atom. The summed E-state index contributed by atoms with van der Waals surface area (Å²) in [6, 6.07) is 3.70. The van der Waals surface area contributed by atoms with E-state index in [4.69, 9.17) is 16.7 Å². The molecule has 15 heavy (non-hydrogen) atoms. The quantitative estimate of drug-likeness (QED) is 0.815. The molecule has 82 valence electrons. The molecule has 0 aliphatic heterocycles. The van der Waals surface area contributed by atoms with Gasteiger partial charge in [0.25, 0.3) is 0 Å². The molecule has 0 fully saturated rings. The number of esters is 1. The molecule has 0 spiro atoms. The van der Waals surface area contributed by atoms with Gasteiger partial charge in [0.15, 0.2) is 0 Å². The summed E-state index contributed by atoms with van der Waals surface area (Å²) in [4.78, 5) is 11.0. The predicted octanol–water partition coefficient (Wildman–Crippen LogP) is 2.62. The maximum atomic E-state index is 13.4. The number of rotatable bonds is 3. The van der Waals surface area contributed by atoms with Gasteiger partial charge in [-0.15, -0.1) is 0 Å². The first-order valence-corrected chi connectivity index (χ1v) is 4.73. The van der Waals surface area contributed by atoms with E-state index in [2.05, 4.69) is 4.74 Å². The van der Waals surface area contributed by atoms with Crippen molar-refractivity contribution in [1.82, 2.24) is 0 Å². The second-order valence-electron chi connectivity index (χ2n) is 2.83. The maximum absolute atomic E-state index is 13.4. The SMILES string of the molecule is CCOC(=O)C(F)c1ccc(O)c(Cl)c1. The Kier molecular flexibility index (Phi) is 3.91. The van der Waals surface area contributed by atoms with Crippen molar-refractivity contribution in [2.45, 2.75) is 13.1 Å². The highest BCUT2D eigenvalue weighted by molar-refractivity contribution is 6.32. The van der Waals surface area contributed by atoms with E-state index in [0.717, 1.165) is 0 Å². The summed E-state index contributed by atoms with van der Waals surface area (Å²) in [5.41, 5.74) is 0.0660. The Bertz CT molecular complexity index is 368. The standard InChI is InChI=1S/C10H10ClFO3/c1-2-15-10(14)9(12)6-3-4-8(13)7(11)5-6/h3-5,9,13H,2H2,1H3. The van der Waals surface area contributed by atoms with Crippen LogP contribution in [0, 0.1) is 0 Å². The van der Waals surface area contributed by atoms with E-state index in [1.54, 1.807) is 6.92 Å². The number of carbonyl (C=O) groups excluding carboxylic acids is 1. The number of aromatic hydroxyl groups is 1. The molecule has 0 saturated carbocycles. The lowest BCUT2D eigenvalue weighted by Gasteiger charge is -2.08. The van der Waals surface area contributed by atoms with Gasteiger partial charge in [-0.1, -0.05) is 17.7 Å². The smallest absolute Gasteiger partial charge is 0.345 e. The molecule has 0 aliphatic carbocycles. The fourth-order valence-corrected chi connectivity index (χ4v) is 1.22. The van der Waals surface area contributed by atoms with Crippen molar-refractivity contribution in [3.8, 4) is 5.75 Å². The van der Waals surface area contributed by atoms with Crippen LogP contribution in [-0.2, 0) is 9.53 Å². The van der Waals surface area contributed by atoms with Crippen LogP contribution in [0.5, 0.6) is 5.75 Å². The number of hydrogen-bond acceptors (Lipinski definition) is 3. The van der Waals surface area contributed by atoms with Crippen molar-refractivity contribution < 1.29 is 19.0 Å². The van der Waals surface area contributed by atoms with Crippen molar-refractivity contribution in [3.05, 3.63) is 28.8 Å². The van der Waals surface area contributed by atoms with Crippen molar-refractivity contribution in [2.24, 2.45) is 0 Å². The maximum Gasteiger partial charge on any atom is 0.345 e. The monoisotopic (exact) mass is 232 g/mol. The van der Waals surface area contributed by atoms with Gasteiger partial charge in [0.05, 0.1) is 11.6 Å². The molecular weight excluding hydrogens is 223 g/mol. The number of halogens is 2. The van der Waals surface area contributed by atoms with E-state index in [1.165, 1.54) is 18.2 Å². The lowest BCUT2D eigenvalue weighted by Crippen LogP contribution is -2.11.